The lowest BCUT2D eigenvalue weighted by molar-refractivity contribution is 0.0949. The van der Waals surface area contributed by atoms with Crippen molar-refractivity contribution in [1.82, 2.24) is 15.5 Å². The van der Waals surface area contributed by atoms with Gasteiger partial charge in [-0.2, -0.15) is 0 Å². The van der Waals surface area contributed by atoms with E-state index in [1.165, 1.54) is 23.0 Å². The third kappa shape index (κ3) is 6.09. The maximum absolute atomic E-state index is 12.6. The molecular formula is C22H26N4O2S. The quantitative estimate of drug-likeness (QED) is 0.423. The first-order valence-electron chi connectivity index (χ1n) is 9.57. The highest BCUT2D eigenvalue weighted by molar-refractivity contribution is 7.98. The van der Waals surface area contributed by atoms with Crippen molar-refractivity contribution in [3.63, 3.8) is 0 Å². The highest BCUT2D eigenvalue weighted by Crippen LogP contribution is 2.24. The number of nitrogens with zero attached hydrogens (tertiary/aromatic N) is 3. The van der Waals surface area contributed by atoms with Crippen molar-refractivity contribution >= 4 is 23.4 Å². The van der Waals surface area contributed by atoms with Crippen molar-refractivity contribution < 1.29 is 9.32 Å². The molecule has 1 N–H and O–H groups in total. The zero-order chi connectivity index (χ0) is 20.6. The normalized spacial score (nSPS) is 10.7. The number of thioether (sulfide) groups is 1. The summed E-state index contributed by atoms with van der Waals surface area (Å²) in [5.41, 5.74) is 3.88. The lowest BCUT2D eigenvalue weighted by Crippen LogP contribution is -2.25. The highest BCUT2D eigenvalue weighted by Gasteiger charge is 2.13. The average molecular weight is 411 g/mol. The molecule has 29 heavy (non-hydrogen) atoms. The van der Waals surface area contributed by atoms with Gasteiger partial charge in [0.1, 0.15) is 10.8 Å². The zero-order valence-electron chi connectivity index (χ0n) is 17.0. The number of amides is 1. The summed E-state index contributed by atoms with van der Waals surface area (Å²) in [4.78, 5) is 19.0. The van der Waals surface area contributed by atoms with Crippen molar-refractivity contribution in [2.45, 2.75) is 30.5 Å². The van der Waals surface area contributed by atoms with Gasteiger partial charge in [-0.25, -0.2) is 4.98 Å². The second kappa shape index (κ2) is 10.1. The van der Waals surface area contributed by atoms with Crippen LogP contribution in [0.5, 0.6) is 0 Å². The molecule has 1 aromatic carbocycles. The lowest BCUT2D eigenvalue weighted by atomic mass is 10.1. The van der Waals surface area contributed by atoms with E-state index in [9.17, 15) is 4.79 Å². The van der Waals surface area contributed by atoms with Crippen LogP contribution in [-0.4, -0.2) is 36.7 Å². The predicted molar refractivity (Wildman–Crippen MR) is 116 cm³/mol. The number of anilines is 1. The number of hydrogen-bond donors (Lipinski definition) is 1. The average Bonchev–Trinajstić information content (AvgIpc) is 3.15. The van der Waals surface area contributed by atoms with Gasteiger partial charge in [0.05, 0.1) is 11.3 Å². The van der Waals surface area contributed by atoms with Gasteiger partial charge in [-0.1, -0.05) is 29.1 Å². The Morgan fingerprint density at radius 2 is 2.00 bits per heavy atom. The van der Waals surface area contributed by atoms with E-state index in [0.29, 0.717) is 22.9 Å². The molecule has 0 saturated carbocycles. The molecule has 2 aromatic heterocycles. The van der Waals surface area contributed by atoms with Crippen molar-refractivity contribution in [1.29, 1.82) is 0 Å². The first kappa shape index (κ1) is 20.9. The Hall–Kier alpha value is -2.80. The zero-order valence-corrected chi connectivity index (χ0v) is 17.8. The predicted octanol–water partition coefficient (Wildman–Crippen LogP) is 4.10. The van der Waals surface area contributed by atoms with Crippen molar-refractivity contribution in [3.05, 3.63) is 71.2 Å². The molecule has 3 aromatic rings. The molecule has 0 fully saturated rings. The van der Waals surface area contributed by atoms with Crippen LogP contribution in [0.1, 0.15) is 33.8 Å². The summed E-state index contributed by atoms with van der Waals surface area (Å²) in [6, 6.07) is 14.0. The summed E-state index contributed by atoms with van der Waals surface area (Å²) in [5.74, 6) is 1.29. The Labute approximate surface area is 175 Å². The van der Waals surface area contributed by atoms with Gasteiger partial charge in [0.15, 0.2) is 0 Å². The molecule has 7 heteroatoms. The molecular weight excluding hydrogens is 384 g/mol. The second-order valence-corrected chi connectivity index (χ2v) is 7.96. The van der Waals surface area contributed by atoms with Crippen LogP contribution in [0.4, 0.5) is 5.69 Å². The van der Waals surface area contributed by atoms with Crippen LogP contribution in [0, 0.1) is 6.92 Å². The molecule has 0 aliphatic heterocycles. The van der Waals surface area contributed by atoms with Gasteiger partial charge in [0.25, 0.3) is 5.91 Å². The smallest absolute Gasteiger partial charge is 0.254 e. The summed E-state index contributed by atoms with van der Waals surface area (Å²) in [6.45, 7) is 2.48. The molecule has 0 spiro atoms. The number of hydrogen-bond acceptors (Lipinski definition) is 6. The minimum atomic E-state index is -0.0973. The van der Waals surface area contributed by atoms with E-state index in [4.69, 9.17) is 4.52 Å². The maximum atomic E-state index is 12.6. The molecule has 0 aliphatic rings. The van der Waals surface area contributed by atoms with Crippen LogP contribution in [0.25, 0.3) is 0 Å². The molecule has 0 unspecified atom stereocenters. The molecule has 3 rings (SSSR count). The third-order valence-electron chi connectivity index (χ3n) is 4.43. The Morgan fingerprint density at radius 1 is 1.21 bits per heavy atom. The van der Waals surface area contributed by atoms with Gasteiger partial charge >= 0.3 is 0 Å². The van der Waals surface area contributed by atoms with Crippen LogP contribution in [0.2, 0.25) is 0 Å². The van der Waals surface area contributed by atoms with E-state index in [-0.39, 0.29) is 5.91 Å². The van der Waals surface area contributed by atoms with Gasteiger partial charge in [-0.15, -0.1) is 0 Å². The van der Waals surface area contributed by atoms with Gasteiger partial charge < -0.3 is 14.7 Å². The Morgan fingerprint density at radius 3 is 2.69 bits per heavy atom. The van der Waals surface area contributed by atoms with Gasteiger partial charge in [0, 0.05) is 44.3 Å². The monoisotopic (exact) mass is 410 g/mol. The first-order chi connectivity index (χ1) is 14.0. The van der Waals surface area contributed by atoms with Crippen molar-refractivity contribution in [2.24, 2.45) is 0 Å². The number of rotatable bonds is 9. The summed E-state index contributed by atoms with van der Waals surface area (Å²) < 4.78 is 5.09. The fourth-order valence-corrected chi connectivity index (χ4v) is 3.73. The number of carbonyl (C=O) groups is 1. The van der Waals surface area contributed by atoms with Crippen LogP contribution >= 0.6 is 11.8 Å². The Balaban J connectivity index is 1.49. The van der Waals surface area contributed by atoms with Crippen LogP contribution in [0.15, 0.2) is 58.2 Å². The number of aryl methyl sites for hydroxylation is 2. The van der Waals surface area contributed by atoms with Gasteiger partial charge in [-0.05, 0) is 49.6 Å². The van der Waals surface area contributed by atoms with E-state index in [1.807, 2.05) is 27.1 Å². The first-order valence-corrected chi connectivity index (χ1v) is 10.6. The molecule has 0 aliphatic carbocycles. The molecule has 152 valence electrons. The summed E-state index contributed by atoms with van der Waals surface area (Å²) in [5, 5.41) is 7.69. The number of aromatic nitrogens is 2. The van der Waals surface area contributed by atoms with Crippen molar-refractivity contribution in [2.75, 3.05) is 25.5 Å². The molecule has 0 atom stereocenters. The summed E-state index contributed by atoms with van der Waals surface area (Å²) in [7, 11) is 4.06. The van der Waals surface area contributed by atoms with E-state index in [0.717, 1.165) is 24.3 Å². The number of nitrogens with one attached hydrogen (secondary N) is 1. The Bertz CT molecular complexity index is 938. The van der Waals surface area contributed by atoms with Crippen LogP contribution in [0.3, 0.4) is 0 Å². The molecule has 6 nitrogen and oxygen atoms in total. The number of benzene rings is 1. The maximum Gasteiger partial charge on any atom is 0.254 e. The van der Waals surface area contributed by atoms with E-state index >= 15 is 0 Å². The SMILES string of the molecule is Cc1cc(CSc2ncccc2C(=O)NCCCc2ccc(N(C)C)cc2)no1. The Kier molecular flexibility index (Phi) is 7.30. The molecule has 1 amide bonds. The van der Waals surface area contributed by atoms with Gasteiger partial charge in [0.2, 0.25) is 0 Å². The fourth-order valence-electron chi connectivity index (χ4n) is 2.86. The molecule has 0 saturated heterocycles. The lowest BCUT2D eigenvalue weighted by Gasteiger charge is -2.12. The van der Waals surface area contributed by atoms with E-state index in [2.05, 4.69) is 44.6 Å². The van der Waals surface area contributed by atoms with Crippen molar-refractivity contribution in [3.8, 4) is 0 Å². The highest BCUT2D eigenvalue weighted by atomic mass is 32.2. The summed E-state index contributed by atoms with van der Waals surface area (Å²) >= 11 is 1.48. The standard InChI is InChI=1S/C22H26N4O2S/c1-16-14-18(25-28-16)15-29-22-20(7-5-13-24-22)21(27)23-12-4-6-17-8-10-19(11-9-17)26(2)3/h5,7-11,13-14H,4,6,12,15H2,1-3H3,(H,23,27). The molecule has 2 heterocycles. The van der Waals surface area contributed by atoms with E-state index < -0.39 is 0 Å². The number of pyridine rings is 1. The fraction of sp³-hybridized carbons (Fsp3) is 0.318. The topological polar surface area (TPSA) is 71.3 Å². The minimum absolute atomic E-state index is 0.0973. The van der Waals surface area contributed by atoms with E-state index in [1.54, 1.807) is 18.3 Å². The number of carbonyl (C=O) groups excluding carboxylic acids is 1. The summed E-state index contributed by atoms with van der Waals surface area (Å²) in [6.07, 6.45) is 3.51. The largest absolute Gasteiger partial charge is 0.378 e. The van der Waals surface area contributed by atoms with Crippen LogP contribution < -0.4 is 10.2 Å². The minimum Gasteiger partial charge on any atom is -0.378 e. The molecule has 0 bridgehead atoms. The third-order valence-corrected chi connectivity index (χ3v) is 5.47. The van der Waals surface area contributed by atoms with Crippen LogP contribution in [-0.2, 0) is 12.2 Å². The second-order valence-electron chi connectivity index (χ2n) is 6.99. The van der Waals surface area contributed by atoms with Gasteiger partial charge in [-0.3, -0.25) is 4.79 Å². The molecule has 0 radical (unpaired) electrons.